The van der Waals surface area contributed by atoms with E-state index in [4.69, 9.17) is 5.73 Å². The first-order valence-electron chi connectivity index (χ1n) is 5.91. The van der Waals surface area contributed by atoms with Crippen LogP contribution in [-0.4, -0.2) is 29.7 Å². The second-order valence-corrected chi connectivity index (χ2v) is 4.27. The highest BCUT2D eigenvalue weighted by Crippen LogP contribution is 2.18. The van der Waals surface area contributed by atoms with E-state index < -0.39 is 0 Å². The Labute approximate surface area is 91.2 Å². The van der Waals surface area contributed by atoms with Crippen LogP contribution in [0.2, 0.25) is 0 Å². The molecule has 0 heterocycles. The van der Waals surface area contributed by atoms with Gasteiger partial charge in [-0.05, 0) is 25.8 Å². The molecule has 0 aromatic rings. The minimum atomic E-state index is -0.366. The molecule has 0 bridgehead atoms. The number of nitrogens with one attached hydrogen (secondary N) is 1. The summed E-state index contributed by atoms with van der Waals surface area (Å²) in [4.78, 5) is 11.5. The SMILES string of the molecule is NCCCC(=O)NC1CCCCCC1O. The fourth-order valence-electron chi connectivity index (χ4n) is 2.00. The molecule has 0 aromatic heterocycles. The molecule has 0 aliphatic heterocycles. The molecule has 1 aliphatic carbocycles. The van der Waals surface area contributed by atoms with Gasteiger partial charge in [-0.15, -0.1) is 0 Å². The summed E-state index contributed by atoms with van der Waals surface area (Å²) >= 11 is 0. The van der Waals surface area contributed by atoms with Gasteiger partial charge in [-0.2, -0.15) is 0 Å². The molecule has 0 saturated heterocycles. The monoisotopic (exact) mass is 214 g/mol. The molecular weight excluding hydrogens is 192 g/mol. The van der Waals surface area contributed by atoms with E-state index in [1.165, 1.54) is 0 Å². The van der Waals surface area contributed by atoms with Gasteiger partial charge < -0.3 is 16.2 Å². The van der Waals surface area contributed by atoms with Gasteiger partial charge in [0.25, 0.3) is 0 Å². The lowest BCUT2D eigenvalue weighted by atomic mass is 10.1. The number of nitrogens with two attached hydrogens (primary N) is 1. The highest BCUT2D eigenvalue weighted by atomic mass is 16.3. The van der Waals surface area contributed by atoms with Crippen LogP contribution in [0.25, 0.3) is 0 Å². The van der Waals surface area contributed by atoms with Crippen molar-refractivity contribution in [2.75, 3.05) is 6.54 Å². The highest BCUT2D eigenvalue weighted by Gasteiger charge is 2.22. The first-order valence-corrected chi connectivity index (χ1v) is 5.91. The third-order valence-corrected chi connectivity index (χ3v) is 2.93. The Balaban J connectivity index is 2.30. The molecule has 2 atom stereocenters. The van der Waals surface area contributed by atoms with Crippen molar-refractivity contribution in [1.29, 1.82) is 0 Å². The molecule has 1 saturated carbocycles. The second-order valence-electron chi connectivity index (χ2n) is 4.27. The zero-order chi connectivity index (χ0) is 11.1. The van der Waals surface area contributed by atoms with Gasteiger partial charge in [0.2, 0.25) is 5.91 Å². The molecule has 0 aromatic carbocycles. The van der Waals surface area contributed by atoms with Crippen molar-refractivity contribution in [3.8, 4) is 0 Å². The Hall–Kier alpha value is -0.610. The number of rotatable bonds is 4. The van der Waals surface area contributed by atoms with Crippen LogP contribution in [0.3, 0.4) is 0 Å². The minimum absolute atomic E-state index is 0.0198. The molecule has 15 heavy (non-hydrogen) atoms. The zero-order valence-electron chi connectivity index (χ0n) is 9.24. The smallest absolute Gasteiger partial charge is 0.220 e. The lowest BCUT2D eigenvalue weighted by molar-refractivity contribution is -0.122. The molecule has 0 spiro atoms. The largest absolute Gasteiger partial charge is 0.391 e. The van der Waals surface area contributed by atoms with E-state index in [1.807, 2.05) is 0 Å². The summed E-state index contributed by atoms with van der Waals surface area (Å²) in [5.41, 5.74) is 5.33. The molecule has 1 rings (SSSR count). The van der Waals surface area contributed by atoms with Gasteiger partial charge in [-0.1, -0.05) is 19.3 Å². The summed E-state index contributed by atoms with van der Waals surface area (Å²) in [6.07, 6.45) is 5.85. The van der Waals surface area contributed by atoms with Gasteiger partial charge in [0.15, 0.2) is 0 Å². The Bertz CT molecular complexity index is 197. The van der Waals surface area contributed by atoms with Gasteiger partial charge in [0, 0.05) is 6.42 Å². The maximum Gasteiger partial charge on any atom is 0.220 e. The van der Waals surface area contributed by atoms with Gasteiger partial charge >= 0.3 is 0 Å². The Kier molecular flexibility index (Phi) is 5.65. The molecule has 4 N–H and O–H groups in total. The van der Waals surface area contributed by atoms with E-state index >= 15 is 0 Å². The van der Waals surface area contributed by atoms with Crippen LogP contribution in [0.1, 0.15) is 44.9 Å². The number of carbonyl (C=O) groups is 1. The highest BCUT2D eigenvalue weighted by molar-refractivity contribution is 5.76. The van der Waals surface area contributed by atoms with E-state index in [0.29, 0.717) is 19.4 Å². The number of aliphatic hydroxyl groups is 1. The lowest BCUT2D eigenvalue weighted by Crippen LogP contribution is -2.42. The van der Waals surface area contributed by atoms with E-state index in [9.17, 15) is 9.90 Å². The molecule has 1 aliphatic rings. The normalized spacial score (nSPS) is 27.1. The van der Waals surface area contributed by atoms with Crippen molar-refractivity contribution in [3.05, 3.63) is 0 Å². The van der Waals surface area contributed by atoms with Crippen LogP contribution in [0.15, 0.2) is 0 Å². The molecular formula is C11H22N2O2. The first kappa shape index (κ1) is 12.5. The quantitative estimate of drug-likeness (QED) is 0.598. The Morgan fingerprint density at radius 3 is 2.80 bits per heavy atom. The van der Waals surface area contributed by atoms with Crippen LogP contribution in [-0.2, 0) is 4.79 Å². The number of aliphatic hydroxyl groups excluding tert-OH is 1. The fourth-order valence-corrected chi connectivity index (χ4v) is 2.00. The fraction of sp³-hybridized carbons (Fsp3) is 0.909. The first-order chi connectivity index (χ1) is 7.24. The number of amides is 1. The third kappa shape index (κ3) is 4.62. The molecule has 4 nitrogen and oxygen atoms in total. The summed E-state index contributed by atoms with van der Waals surface area (Å²) in [6, 6.07) is -0.0437. The summed E-state index contributed by atoms with van der Waals surface area (Å²) < 4.78 is 0. The van der Waals surface area contributed by atoms with Gasteiger partial charge in [-0.25, -0.2) is 0 Å². The summed E-state index contributed by atoms with van der Waals surface area (Å²) in [6.45, 7) is 0.542. The minimum Gasteiger partial charge on any atom is -0.391 e. The van der Waals surface area contributed by atoms with Crippen molar-refractivity contribution in [2.45, 2.75) is 57.1 Å². The number of hydrogen-bond donors (Lipinski definition) is 3. The zero-order valence-corrected chi connectivity index (χ0v) is 9.24. The van der Waals surface area contributed by atoms with E-state index in [1.54, 1.807) is 0 Å². The van der Waals surface area contributed by atoms with Crippen molar-refractivity contribution in [1.82, 2.24) is 5.32 Å². The van der Waals surface area contributed by atoms with Gasteiger partial charge in [0.05, 0.1) is 12.1 Å². The van der Waals surface area contributed by atoms with Crippen LogP contribution in [0.5, 0.6) is 0 Å². The third-order valence-electron chi connectivity index (χ3n) is 2.93. The maximum absolute atomic E-state index is 11.5. The van der Waals surface area contributed by atoms with Crippen molar-refractivity contribution in [2.24, 2.45) is 5.73 Å². The predicted molar refractivity (Wildman–Crippen MR) is 59.3 cm³/mol. The standard InChI is InChI=1S/C11H22N2O2/c12-8-4-7-11(15)13-9-5-2-1-3-6-10(9)14/h9-10,14H,1-8,12H2,(H,13,15). The lowest BCUT2D eigenvalue weighted by Gasteiger charge is -2.21. The van der Waals surface area contributed by atoms with Crippen molar-refractivity contribution in [3.63, 3.8) is 0 Å². The van der Waals surface area contributed by atoms with Crippen LogP contribution in [0, 0.1) is 0 Å². The molecule has 2 unspecified atom stereocenters. The second kappa shape index (κ2) is 6.80. The summed E-state index contributed by atoms with van der Waals surface area (Å²) in [5, 5.41) is 12.7. The van der Waals surface area contributed by atoms with E-state index in [-0.39, 0.29) is 18.1 Å². The van der Waals surface area contributed by atoms with Crippen LogP contribution in [0.4, 0.5) is 0 Å². The Morgan fingerprint density at radius 2 is 2.07 bits per heavy atom. The van der Waals surface area contributed by atoms with Crippen molar-refractivity contribution < 1.29 is 9.90 Å². The average molecular weight is 214 g/mol. The molecule has 88 valence electrons. The molecule has 1 fully saturated rings. The number of carbonyl (C=O) groups excluding carboxylic acids is 1. The summed E-state index contributed by atoms with van der Waals surface area (Å²) in [5.74, 6) is 0.0198. The molecule has 1 amide bonds. The van der Waals surface area contributed by atoms with Crippen LogP contribution < -0.4 is 11.1 Å². The molecule has 4 heteroatoms. The van der Waals surface area contributed by atoms with Gasteiger partial charge in [0.1, 0.15) is 0 Å². The topological polar surface area (TPSA) is 75.4 Å². The maximum atomic E-state index is 11.5. The Morgan fingerprint density at radius 1 is 1.33 bits per heavy atom. The van der Waals surface area contributed by atoms with Gasteiger partial charge in [-0.3, -0.25) is 4.79 Å². The van der Waals surface area contributed by atoms with Crippen LogP contribution >= 0.6 is 0 Å². The molecule has 0 radical (unpaired) electrons. The van der Waals surface area contributed by atoms with Crippen molar-refractivity contribution >= 4 is 5.91 Å². The number of hydrogen-bond acceptors (Lipinski definition) is 3. The van der Waals surface area contributed by atoms with E-state index in [0.717, 1.165) is 32.1 Å². The average Bonchev–Trinajstić information content (AvgIpc) is 2.42. The predicted octanol–water partition coefficient (Wildman–Crippen LogP) is 0.535. The van der Waals surface area contributed by atoms with E-state index in [2.05, 4.69) is 5.32 Å². The summed E-state index contributed by atoms with van der Waals surface area (Å²) in [7, 11) is 0.